The Labute approximate surface area is 102 Å². The third-order valence-electron chi connectivity index (χ3n) is 2.61. The standard InChI is InChI=1S/C12H12N2O4/c1-17-9-4-6-3-7(11(13)15)12(16)14-8(6)5-10(9)18-2/h3-5H,1-2H3,(H2,13,15)(H,14,16). The minimum atomic E-state index is -0.770. The van der Waals surface area contributed by atoms with E-state index in [1.54, 1.807) is 12.1 Å². The Hall–Kier alpha value is -2.50. The van der Waals surface area contributed by atoms with Crippen molar-refractivity contribution in [1.29, 1.82) is 0 Å². The van der Waals surface area contributed by atoms with E-state index in [2.05, 4.69) is 4.98 Å². The first-order valence-corrected chi connectivity index (χ1v) is 5.15. The van der Waals surface area contributed by atoms with Crippen molar-refractivity contribution in [3.8, 4) is 11.5 Å². The number of methoxy groups -OCH3 is 2. The minimum absolute atomic E-state index is 0.0882. The summed E-state index contributed by atoms with van der Waals surface area (Å²) < 4.78 is 10.3. The summed E-state index contributed by atoms with van der Waals surface area (Å²) in [6.07, 6.45) is 0. The molecule has 1 aromatic heterocycles. The first kappa shape index (κ1) is 12.0. The number of nitrogens with two attached hydrogens (primary N) is 1. The highest BCUT2D eigenvalue weighted by Crippen LogP contribution is 2.30. The van der Waals surface area contributed by atoms with Gasteiger partial charge in [0, 0.05) is 11.5 Å². The molecule has 0 unspecified atom stereocenters. The molecular weight excluding hydrogens is 236 g/mol. The highest BCUT2D eigenvalue weighted by molar-refractivity contribution is 5.96. The molecule has 94 valence electrons. The van der Waals surface area contributed by atoms with E-state index in [1.807, 2.05) is 0 Å². The van der Waals surface area contributed by atoms with Gasteiger partial charge < -0.3 is 20.2 Å². The van der Waals surface area contributed by atoms with E-state index >= 15 is 0 Å². The second-order valence-electron chi connectivity index (χ2n) is 3.67. The number of ether oxygens (including phenoxy) is 2. The summed E-state index contributed by atoms with van der Waals surface area (Å²) in [5.41, 5.74) is 5.05. The maximum absolute atomic E-state index is 11.6. The Kier molecular flexibility index (Phi) is 2.93. The average molecular weight is 248 g/mol. The molecule has 1 aromatic carbocycles. The Balaban J connectivity index is 2.78. The molecule has 18 heavy (non-hydrogen) atoms. The van der Waals surface area contributed by atoms with Gasteiger partial charge in [0.2, 0.25) is 0 Å². The fourth-order valence-corrected chi connectivity index (χ4v) is 1.72. The van der Waals surface area contributed by atoms with Gasteiger partial charge in [-0.05, 0) is 12.1 Å². The first-order chi connectivity index (χ1) is 8.56. The normalized spacial score (nSPS) is 10.3. The Morgan fingerprint density at radius 3 is 2.33 bits per heavy atom. The molecule has 0 fully saturated rings. The van der Waals surface area contributed by atoms with Gasteiger partial charge in [0.1, 0.15) is 5.56 Å². The fraction of sp³-hybridized carbons (Fsp3) is 0.167. The van der Waals surface area contributed by atoms with Gasteiger partial charge in [0.15, 0.2) is 11.5 Å². The molecule has 6 nitrogen and oxygen atoms in total. The van der Waals surface area contributed by atoms with Crippen LogP contribution in [0.2, 0.25) is 0 Å². The van der Waals surface area contributed by atoms with E-state index < -0.39 is 11.5 Å². The number of aromatic nitrogens is 1. The highest BCUT2D eigenvalue weighted by atomic mass is 16.5. The van der Waals surface area contributed by atoms with Crippen LogP contribution in [0, 0.1) is 0 Å². The number of benzene rings is 1. The summed E-state index contributed by atoms with van der Waals surface area (Å²) in [5.74, 6) is 0.230. The van der Waals surface area contributed by atoms with Crippen LogP contribution in [0.1, 0.15) is 10.4 Å². The van der Waals surface area contributed by atoms with Crippen molar-refractivity contribution in [3.05, 3.63) is 34.1 Å². The molecule has 0 aliphatic rings. The Morgan fingerprint density at radius 1 is 1.17 bits per heavy atom. The Bertz CT molecular complexity index is 676. The van der Waals surface area contributed by atoms with Crippen LogP contribution in [0.3, 0.4) is 0 Å². The number of hydrogen-bond acceptors (Lipinski definition) is 4. The van der Waals surface area contributed by atoms with E-state index in [-0.39, 0.29) is 5.56 Å². The summed E-state index contributed by atoms with van der Waals surface area (Å²) in [4.78, 5) is 25.3. The van der Waals surface area contributed by atoms with E-state index in [4.69, 9.17) is 15.2 Å². The molecule has 2 rings (SSSR count). The summed E-state index contributed by atoms with van der Waals surface area (Å²) in [5, 5.41) is 0.640. The van der Waals surface area contributed by atoms with Crippen LogP contribution >= 0.6 is 0 Å². The zero-order valence-corrected chi connectivity index (χ0v) is 9.94. The van der Waals surface area contributed by atoms with Crippen LogP contribution in [-0.2, 0) is 0 Å². The lowest BCUT2D eigenvalue weighted by Crippen LogP contribution is -2.23. The molecule has 0 saturated heterocycles. The maximum Gasteiger partial charge on any atom is 0.261 e. The van der Waals surface area contributed by atoms with Gasteiger partial charge in [-0.15, -0.1) is 0 Å². The van der Waals surface area contributed by atoms with Crippen LogP contribution in [0.5, 0.6) is 11.5 Å². The SMILES string of the molecule is COc1cc2cc(C(N)=O)c(=O)[nH]c2cc1OC. The predicted molar refractivity (Wildman–Crippen MR) is 66.2 cm³/mol. The number of hydrogen-bond donors (Lipinski definition) is 2. The molecule has 0 atom stereocenters. The van der Waals surface area contributed by atoms with Crippen molar-refractivity contribution in [2.24, 2.45) is 5.73 Å². The number of H-pyrrole nitrogens is 1. The quantitative estimate of drug-likeness (QED) is 0.833. The van der Waals surface area contributed by atoms with Crippen molar-refractivity contribution in [2.75, 3.05) is 14.2 Å². The number of nitrogens with one attached hydrogen (secondary N) is 1. The molecule has 0 radical (unpaired) electrons. The summed E-state index contributed by atoms with van der Waals surface area (Å²) in [7, 11) is 3.00. The van der Waals surface area contributed by atoms with Crippen molar-refractivity contribution in [1.82, 2.24) is 4.98 Å². The van der Waals surface area contributed by atoms with Crippen molar-refractivity contribution < 1.29 is 14.3 Å². The second kappa shape index (κ2) is 4.40. The number of amides is 1. The largest absolute Gasteiger partial charge is 0.493 e. The molecule has 2 aromatic rings. The van der Waals surface area contributed by atoms with Gasteiger partial charge >= 0.3 is 0 Å². The number of aromatic amines is 1. The lowest BCUT2D eigenvalue weighted by molar-refractivity contribution is 0.0999. The van der Waals surface area contributed by atoms with Crippen LogP contribution < -0.4 is 20.8 Å². The third-order valence-corrected chi connectivity index (χ3v) is 2.61. The first-order valence-electron chi connectivity index (χ1n) is 5.15. The number of carbonyl (C=O) groups is 1. The van der Waals surface area contributed by atoms with Gasteiger partial charge in [-0.3, -0.25) is 9.59 Å². The topological polar surface area (TPSA) is 94.4 Å². The second-order valence-corrected chi connectivity index (χ2v) is 3.67. The maximum atomic E-state index is 11.6. The smallest absolute Gasteiger partial charge is 0.261 e. The number of primary amides is 1. The van der Waals surface area contributed by atoms with Crippen molar-refractivity contribution in [2.45, 2.75) is 0 Å². The average Bonchev–Trinajstić information content (AvgIpc) is 2.36. The summed E-state index contributed by atoms with van der Waals surface area (Å²) >= 11 is 0. The predicted octanol–water partition coefficient (Wildman–Crippen LogP) is 0.644. The molecule has 6 heteroatoms. The zero-order valence-electron chi connectivity index (χ0n) is 9.94. The molecule has 0 aliphatic heterocycles. The van der Waals surface area contributed by atoms with Crippen LogP contribution in [-0.4, -0.2) is 25.1 Å². The van der Waals surface area contributed by atoms with Crippen molar-refractivity contribution >= 4 is 16.8 Å². The lowest BCUT2D eigenvalue weighted by Gasteiger charge is -2.09. The van der Waals surface area contributed by atoms with Crippen LogP contribution in [0.25, 0.3) is 10.9 Å². The molecule has 1 heterocycles. The number of rotatable bonds is 3. The van der Waals surface area contributed by atoms with Gasteiger partial charge in [0.05, 0.1) is 19.7 Å². The lowest BCUT2D eigenvalue weighted by atomic mass is 10.1. The monoisotopic (exact) mass is 248 g/mol. The molecule has 3 N–H and O–H groups in total. The van der Waals surface area contributed by atoms with Crippen LogP contribution in [0.4, 0.5) is 0 Å². The van der Waals surface area contributed by atoms with Gasteiger partial charge in [-0.25, -0.2) is 0 Å². The van der Waals surface area contributed by atoms with Gasteiger partial charge in [-0.1, -0.05) is 0 Å². The molecule has 0 bridgehead atoms. The van der Waals surface area contributed by atoms with Crippen LogP contribution in [0.15, 0.2) is 23.0 Å². The van der Waals surface area contributed by atoms with E-state index in [1.165, 1.54) is 20.3 Å². The zero-order chi connectivity index (χ0) is 13.3. The number of carbonyl (C=O) groups excluding carboxylic acids is 1. The Morgan fingerprint density at radius 2 is 1.78 bits per heavy atom. The molecular formula is C12H12N2O4. The molecule has 0 saturated carbocycles. The highest BCUT2D eigenvalue weighted by Gasteiger charge is 2.11. The fourth-order valence-electron chi connectivity index (χ4n) is 1.72. The third kappa shape index (κ3) is 1.88. The molecule has 1 amide bonds. The van der Waals surface area contributed by atoms with E-state index in [0.29, 0.717) is 22.4 Å². The number of pyridine rings is 1. The number of fused-ring (bicyclic) bond motifs is 1. The molecule has 0 aliphatic carbocycles. The van der Waals surface area contributed by atoms with Gasteiger partial charge in [0.25, 0.3) is 11.5 Å². The minimum Gasteiger partial charge on any atom is -0.493 e. The van der Waals surface area contributed by atoms with Crippen molar-refractivity contribution in [3.63, 3.8) is 0 Å². The van der Waals surface area contributed by atoms with Gasteiger partial charge in [-0.2, -0.15) is 0 Å². The summed E-state index contributed by atoms with van der Waals surface area (Å²) in [6.45, 7) is 0. The summed E-state index contributed by atoms with van der Waals surface area (Å²) in [6, 6.07) is 4.72. The van der Waals surface area contributed by atoms with E-state index in [9.17, 15) is 9.59 Å². The molecule has 0 spiro atoms. The van der Waals surface area contributed by atoms with E-state index in [0.717, 1.165) is 0 Å².